The summed E-state index contributed by atoms with van der Waals surface area (Å²) < 4.78 is 9.89. The first kappa shape index (κ1) is 57.7. The van der Waals surface area contributed by atoms with Gasteiger partial charge in [0.25, 0.3) is 0 Å². The maximum absolute atomic E-state index is 14.9. The number of nitrogens with zero attached hydrogens (tertiary/aromatic N) is 3. The SMILES string of the molecule is C1CCOC1.C1CCOC1.Cc1cc(CN2CCN(Cc3cc(C)cc(C45CC6CC(CC(C6)C4)C5)c3[O-])CCN(Cc3cc(C)cc(C45CC6CC(CC(C6)C4)C5)c3[O-])CC2)c([O-])c(C23CC4CC(CC(C4)C2)C3)c1.[OH-].[U+4]. The van der Waals surface area contributed by atoms with Gasteiger partial charge in [0.2, 0.25) is 0 Å². The number of benzene rings is 3. The molecule has 0 amide bonds. The van der Waals surface area contributed by atoms with E-state index < -0.39 is 0 Å². The summed E-state index contributed by atoms with van der Waals surface area (Å²) in [6, 6.07) is 13.5. The molecular formula is C68H95N3O6U. The van der Waals surface area contributed by atoms with E-state index in [4.69, 9.17) is 9.47 Å². The molecule has 0 radical (unpaired) electrons. The van der Waals surface area contributed by atoms with E-state index in [9.17, 15) is 15.3 Å². The van der Waals surface area contributed by atoms with Gasteiger partial charge in [-0.15, -0.1) is 17.2 Å². The minimum atomic E-state index is 0. The first-order valence-corrected chi connectivity index (χ1v) is 31.6. The fraction of sp³-hybridized carbons (Fsp3) is 0.735. The van der Waals surface area contributed by atoms with Gasteiger partial charge in [0.05, 0.1) is 0 Å². The summed E-state index contributed by atoms with van der Waals surface area (Å²) in [5.74, 6) is 8.14. The summed E-state index contributed by atoms with van der Waals surface area (Å²) in [4.78, 5) is 7.65. The zero-order valence-corrected chi connectivity index (χ0v) is 52.4. The molecule has 18 rings (SSSR count). The van der Waals surface area contributed by atoms with Crippen LogP contribution in [0.15, 0.2) is 36.4 Å². The summed E-state index contributed by atoms with van der Waals surface area (Å²) >= 11 is 0. The third-order valence-corrected chi connectivity index (χ3v) is 22.8. The number of aryl methyl sites for hydroxylation is 3. The zero-order valence-electron chi connectivity index (χ0n) is 48.2. The van der Waals surface area contributed by atoms with Crippen LogP contribution in [-0.2, 0) is 45.4 Å². The van der Waals surface area contributed by atoms with Gasteiger partial charge in [0.15, 0.2) is 0 Å². The summed E-state index contributed by atoms with van der Waals surface area (Å²) in [5, 5.41) is 44.7. The largest absolute Gasteiger partial charge is 4.00 e. The number of hydrogen-bond donors (Lipinski definition) is 0. The monoisotopic (exact) mass is 1290 g/mol. The minimum absolute atomic E-state index is 0. The second-order valence-electron chi connectivity index (χ2n) is 29.0. The average Bonchev–Trinajstić information content (AvgIpc) is 4.04. The Hall–Kier alpha value is -2.13. The Kier molecular flexibility index (Phi) is 17.6. The van der Waals surface area contributed by atoms with Crippen LogP contribution in [0.3, 0.4) is 0 Å². The standard InChI is InChI=1S/C60H81N3O3.2C4H8O.H2O.U/c1-37-10-49(55(64)52(13-37)58-25-40-16-41(26-58)18-42(17-40)27-58)34-61-4-6-62(35-50-11-38(2)14-53(56(50)65)59-28-43-19-44(29-59)21-45(20-43)30-59)8-9-63(7-5-61)36-51-12-39(3)15-54(57(51)66)60-31-46-22-47(32-60)24-48(23-46)33-60;2*1-2-4-5-3-1;;/h10-15,40-48,64-66H,4-9,16-36H2,1-3H3;2*1-4H2;1H2;/q;;;;+4/p-4. The molecule has 0 aromatic heterocycles. The van der Waals surface area contributed by atoms with Gasteiger partial charge >= 0.3 is 31.1 Å². The molecule has 10 heteroatoms. The molecule has 15 fully saturated rings. The zero-order chi connectivity index (χ0) is 51.8. The molecule has 3 heterocycles. The van der Waals surface area contributed by atoms with Crippen molar-refractivity contribution in [2.75, 3.05) is 65.7 Å². The van der Waals surface area contributed by atoms with E-state index in [1.54, 1.807) is 0 Å². The van der Waals surface area contributed by atoms with Crippen LogP contribution in [-0.4, -0.2) is 85.9 Å². The Labute approximate surface area is 493 Å². The van der Waals surface area contributed by atoms with Gasteiger partial charge in [0, 0.05) is 85.3 Å². The van der Waals surface area contributed by atoms with Crippen molar-refractivity contribution < 1.29 is 61.4 Å². The number of ether oxygens (including phenoxy) is 2. The predicted molar refractivity (Wildman–Crippen MR) is 299 cm³/mol. The van der Waals surface area contributed by atoms with Gasteiger partial charge in [-0.1, -0.05) is 53.1 Å². The summed E-state index contributed by atoms with van der Waals surface area (Å²) in [5.41, 5.74) is 10.3. The van der Waals surface area contributed by atoms with Crippen molar-refractivity contribution in [2.45, 2.75) is 198 Å². The molecule has 1 N–H and O–H groups in total. The summed E-state index contributed by atoms with van der Waals surface area (Å²) in [7, 11) is 0. The quantitative estimate of drug-likeness (QED) is 0.206. The van der Waals surface area contributed by atoms with Crippen LogP contribution in [0.4, 0.5) is 0 Å². The van der Waals surface area contributed by atoms with Gasteiger partial charge in [0.1, 0.15) is 0 Å². The van der Waals surface area contributed by atoms with E-state index >= 15 is 0 Å². The smallest absolute Gasteiger partial charge is 0.872 e. The molecule has 78 heavy (non-hydrogen) atoms. The molecule has 3 saturated heterocycles. The van der Waals surface area contributed by atoms with E-state index in [0.29, 0.717) is 36.9 Å². The first-order chi connectivity index (χ1) is 36.8. The molecule has 3 aromatic carbocycles. The fourth-order valence-corrected chi connectivity index (χ4v) is 20.8. The van der Waals surface area contributed by atoms with Crippen LogP contribution in [0.5, 0.6) is 17.2 Å². The molecule has 3 aromatic rings. The second kappa shape index (κ2) is 23.9. The normalized spacial score (nSPS) is 36.4. The van der Waals surface area contributed by atoms with E-state index in [-0.39, 0.29) is 52.8 Å². The molecule has 422 valence electrons. The predicted octanol–water partition coefficient (Wildman–Crippen LogP) is 11.5. The van der Waals surface area contributed by atoms with Crippen LogP contribution < -0.4 is 15.3 Å². The van der Waals surface area contributed by atoms with Crippen molar-refractivity contribution >= 4 is 0 Å². The molecule has 0 unspecified atom stereocenters. The van der Waals surface area contributed by atoms with Gasteiger partial charge < -0.3 is 30.3 Å². The van der Waals surface area contributed by atoms with Crippen LogP contribution in [0.25, 0.3) is 0 Å². The molecule has 15 aliphatic rings. The van der Waals surface area contributed by atoms with Gasteiger partial charge in [-0.25, -0.2) is 0 Å². The van der Waals surface area contributed by atoms with Crippen molar-refractivity contribution in [3.63, 3.8) is 0 Å². The van der Waals surface area contributed by atoms with Crippen LogP contribution in [0.1, 0.15) is 191 Å². The summed E-state index contributed by atoms with van der Waals surface area (Å²) in [6.07, 6.45) is 28.4. The maximum atomic E-state index is 14.9. The topological polar surface area (TPSA) is 127 Å². The number of hydrogen-bond acceptors (Lipinski definition) is 9. The summed E-state index contributed by atoms with van der Waals surface area (Å²) in [6.45, 7) is 17.7. The van der Waals surface area contributed by atoms with Crippen molar-refractivity contribution in [1.82, 2.24) is 14.7 Å². The van der Waals surface area contributed by atoms with Crippen LogP contribution >= 0.6 is 0 Å². The van der Waals surface area contributed by atoms with E-state index in [2.05, 4.69) is 71.9 Å². The molecule has 12 bridgehead atoms. The Morgan fingerprint density at radius 2 is 0.577 bits per heavy atom. The Bertz CT molecular complexity index is 2170. The minimum Gasteiger partial charge on any atom is -0.872 e. The average molecular weight is 1290 g/mol. The first-order valence-electron chi connectivity index (χ1n) is 31.6. The van der Waals surface area contributed by atoms with Crippen molar-refractivity contribution in [2.24, 2.45) is 53.3 Å². The Balaban J connectivity index is 0.000000487. The van der Waals surface area contributed by atoms with Gasteiger partial charge in [-0.05, 0) is 265 Å². The molecule has 9 nitrogen and oxygen atoms in total. The van der Waals surface area contributed by atoms with Crippen molar-refractivity contribution in [1.29, 1.82) is 0 Å². The Morgan fingerprint density at radius 1 is 0.372 bits per heavy atom. The second-order valence-corrected chi connectivity index (χ2v) is 29.0. The van der Waals surface area contributed by atoms with E-state index in [1.165, 1.54) is 158 Å². The third-order valence-electron chi connectivity index (χ3n) is 22.8. The number of rotatable bonds is 9. The molecule has 3 aliphatic heterocycles. The van der Waals surface area contributed by atoms with Crippen LogP contribution in [0, 0.1) is 105 Å². The maximum Gasteiger partial charge on any atom is 4.00 e. The molecule has 0 spiro atoms. The van der Waals surface area contributed by atoms with Crippen molar-refractivity contribution in [3.05, 3.63) is 86.5 Å². The third kappa shape index (κ3) is 11.9. The molecule has 12 aliphatic carbocycles. The van der Waals surface area contributed by atoms with Gasteiger partial charge in [-0.3, -0.25) is 14.7 Å². The molecule has 0 atom stereocenters. The van der Waals surface area contributed by atoms with Crippen LogP contribution in [0.2, 0.25) is 0 Å². The van der Waals surface area contributed by atoms with E-state index in [0.717, 1.165) is 152 Å². The van der Waals surface area contributed by atoms with E-state index in [1.807, 2.05) is 0 Å². The molecular weight excluding hydrogens is 1190 g/mol. The fourth-order valence-electron chi connectivity index (χ4n) is 20.8. The van der Waals surface area contributed by atoms with Crippen molar-refractivity contribution in [3.8, 4) is 17.2 Å². The Morgan fingerprint density at radius 3 is 0.756 bits per heavy atom. The van der Waals surface area contributed by atoms with Gasteiger partial charge in [-0.2, -0.15) is 0 Å². The molecule has 12 saturated carbocycles.